The molecule has 1 unspecified atom stereocenters. The average Bonchev–Trinajstić information content (AvgIpc) is 3.08. The molecule has 7 heteroatoms. The highest BCUT2D eigenvalue weighted by molar-refractivity contribution is 7.13. The van der Waals surface area contributed by atoms with Gasteiger partial charge in [0.2, 0.25) is 0 Å². The van der Waals surface area contributed by atoms with Crippen molar-refractivity contribution in [2.45, 2.75) is 52.2 Å². The monoisotopic (exact) mass is 337 g/mol. The Balaban J connectivity index is 1.59. The maximum Gasteiger partial charge on any atom is 0.410 e. The molecule has 0 aromatic carbocycles. The molecule has 0 spiro atoms. The van der Waals surface area contributed by atoms with Gasteiger partial charge in [-0.05, 0) is 33.1 Å². The molecule has 2 fully saturated rings. The van der Waals surface area contributed by atoms with Gasteiger partial charge in [-0.3, -0.25) is 4.79 Å². The molecule has 1 atom stereocenters. The van der Waals surface area contributed by atoms with Crippen LogP contribution in [-0.4, -0.2) is 58.6 Å². The van der Waals surface area contributed by atoms with Crippen LogP contribution in [0.25, 0.3) is 0 Å². The molecule has 3 rings (SSSR count). The molecule has 2 aliphatic rings. The van der Waals surface area contributed by atoms with Crippen molar-refractivity contribution >= 4 is 23.3 Å². The van der Waals surface area contributed by atoms with Crippen molar-refractivity contribution < 1.29 is 14.3 Å². The Labute approximate surface area is 140 Å². The summed E-state index contributed by atoms with van der Waals surface area (Å²) in [7, 11) is 0. The molecule has 0 N–H and O–H groups in total. The van der Waals surface area contributed by atoms with Crippen molar-refractivity contribution in [2.75, 3.05) is 19.6 Å². The van der Waals surface area contributed by atoms with Crippen LogP contribution in [0.5, 0.6) is 0 Å². The van der Waals surface area contributed by atoms with Gasteiger partial charge in [-0.25, -0.2) is 9.78 Å². The number of aromatic nitrogens is 1. The van der Waals surface area contributed by atoms with Gasteiger partial charge in [0, 0.05) is 19.1 Å². The summed E-state index contributed by atoms with van der Waals surface area (Å²) < 4.78 is 5.34. The molecule has 6 nitrogen and oxygen atoms in total. The van der Waals surface area contributed by atoms with E-state index in [0.717, 1.165) is 34.8 Å². The second kappa shape index (κ2) is 6.47. The van der Waals surface area contributed by atoms with Crippen molar-refractivity contribution in [3.63, 3.8) is 0 Å². The van der Waals surface area contributed by atoms with Gasteiger partial charge in [0.15, 0.2) is 0 Å². The fourth-order valence-electron chi connectivity index (χ4n) is 3.31. The first-order chi connectivity index (χ1) is 11.0. The van der Waals surface area contributed by atoms with Crippen LogP contribution in [0, 0.1) is 13.8 Å². The molecule has 126 valence electrons. The van der Waals surface area contributed by atoms with E-state index in [2.05, 4.69) is 4.98 Å². The second-order valence-electron chi connectivity index (χ2n) is 6.24. The largest absolute Gasteiger partial charge is 0.444 e. The SMILES string of the molecule is CCC1CN(C2CCN(C(=O)c3sc(C)nc3C)CC2)C(=O)O1. The summed E-state index contributed by atoms with van der Waals surface area (Å²) in [4.78, 5) is 33.4. The van der Waals surface area contributed by atoms with E-state index in [4.69, 9.17) is 4.74 Å². The number of aryl methyl sites for hydroxylation is 2. The smallest absolute Gasteiger partial charge is 0.410 e. The molecule has 1 aromatic heterocycles. The topological polar surface area (TPSA) is 62.7 Å². The summed E-state index contributed by atoms with van der Waals surface area (Å²) in [6.07, 6.45) is 2.30. The lowest BCUT2D eigenvalue weighted by Gasteiger charge is -2.35. The quantitative estimate of drug-likeness (QED) is 0.850. The van der Waals surface area contributed by atoms with E-state index in [0.29, 0.717) is 19.6 Å². The van der Waals surface area contributed by atoms with Crippen molar-refractivity contribution in [1.29, 1.82) is 0 Å². The number of amides is 2. The number of nitrogens with zero attached hydrogens (tertiary/aromatic N) is 3. The van der Waals surface area contributed by atoms with Gasteiger partial charge in [-0.2, -0.15) is 0 Å². The lowest BCUT2D eigenvalue weighted by molar-refractivity contribution is 0.0662. The van der Waals surface area contributed by atoms with Crippen LogP contribution in [-0.2, 0) is 4.74 Å². The third-order valence-corrected chi connectivity index (χ3v) is 5.71. The highest BCUT2D eigenvalue weighted by atomic mass is 32.1. The van der Waals surface area contributed by atoms with Gasteiger partial charge in [-0.15, -0.1) is 11.3 Å². The summed E-state index contributed by atoms with van der Waals surface area (Å²) in [5.74, 6) is 0.0713. The Bertz CT molecular complexity index is 608. The van der Waals surface area contributed by atoms with Gasteiger partial charge in [0.05, 0.1) is 17.2 Å². The predicted molar refractivity (Wildman–Crippen MR) is 87.8 cm³/mol. The number of carbonyl (C=O) groups is 2. The number of thiazole rings is 1. The Hall–Kier alpha value is -1.63. The molecule has 23 heavy (non-hydrogen) atoms. The number of hydrogen-bond donors (Lipinski definition) is 0. The van der Waals surface area contributed by atoms with Crippen LogP contribution < -0.4 is 0 Å². The molecular weight excluding hydrogens is 314 g/mol. The van der Waals surface area contributed by atoms with Crippen LogP contribution >= 0.6 is 11.3 Å². The van der Waals surface area contributed by atoms with Crippen molar-refractivity contribution in [2.24, 2.45) is 0 Å². The molecular formula is C16H23N3O3S. The van der Waals surface area contributed by atoms with Crippen molar-refractivity contribution in [1.82, 2.24) is 14.8 Å². The van der Waals surface area contributed by atoms with Crippen LogP contribution in [0.15, 0.2) is 0 Å². The fourth-order valence-corrected chi connectivity index (χ4v) is 4.19. The minimum absolute atomic E-state index is 0.0185. The average molecular weight is 337 g/mol. The maximum absolute atomic E-state index is 12.6. The van der Waals surface area contributed by atoms with Gasteiger partial charge in [-0.1, -0.05) is 6.92 Å². The molecule has 0 saturated carbocycles. The summed E-state index contributed by atoms with van der Waals surface area (Å²) >= 11 is 1.46. The zero-order chi connectivity index (χ0) is 16.6. The van der Waals surface area contributed by atoms with E-state index < -0.39 is 0 Å². The lowest BCUT2D eigenvalue weighted by atomic mass is 10.0. The third-order valence-electron chi connectivity index (χ3n) is 4.65. The molecule has 2 aliphatic heterocycles. The number of hydrogen-bond acceptors (Lipinski definition) is 5. The predicted octanol–water partition coefficient (Wildman–Crippen LogP) is 2.60. The van der Waals surface area contributed by atoms with E-state index in [-0.39, 0.29) is 24.1 Å². The van der Waals surface area contributed by atoms with Gasteiger partial charge in [0.1, 0.15) is 11.0 Å². The van der Waals surface area contributed by atoms with E-state index in [1.165, 1.54) is 11.3 Å². The van der Waals surface area contributed by atoms with Crippen molar-refractivity contribution in [3.8, 4) is 0 Å². The molecule has 0 aliphatic carbocycles. The number of cyclic esters (lactones) is 1. The van der Waals surface area contributed by atoms with E-state index in [9.17, 15) is 9.59 Å². The van der Waals surface area contributed by atoms with Gasteiger partial charge >= 0.3 is 6.09 Å². The summed E-state index contributed by atoms with van der Waals surface area (Å²) in [5.41, 5.74) is 0.813. The number of likely N-dealkylation sites (tertiary alicyclic amines) is 1. The first-order valence-corrected chi connectivity index (χ1v) is 9.01. The molecule has 1 aromatic rings. The molecule has 3 heterocycles. The Kier molecular flexibility index (Phi) is 4.57. The van der Waals surface area contributed by atoms with Crippen LogP contribution in [0.3, 0.4) is 0 Å². The molecule has 0 radical (unpaired) electrons. The number of piperidine rings is 1. The Morgan fingerprint density at radius 1 is 1.35 bits per heavy atom. The minimum atomic E-state index is -0.199. The standard InChI is InChI=1S/C16H23N3O3S/c1-4-13-9-19(16(21)22-13)12-5-7-18(8-6-12)15(20)14-10(2)17-11(3)23-14/h12-13H,4-9H2,1-3H3. The highest BCUT2D eigenvalue weighted by Crippen LogP contribution is 2.26. The Morgan fingerprint density at radius 2 is 2.04 bits per heavy atom. The minimum Gasteiger partial charge on any atom is -0.444 e. The fraction of sp³-hybridized carbons (Fsp3) is 0.688. The number of ether oxygens (including phenoxy) is 1. The third kappa shape index (κ3) is 3.20. The number of carbonyl (C=O) groups excluding carboxylic acids is 2. The highest BCUT2D eigenvalue weighted by Gasteiger charge is 2.37. The van der Waals surface area contributed by atoms with Crippen LogP contribution in [0.4, 0.5) is 4.79 Å². The van der Waals surface area contributed by atoms with E-state index in [1.54, 1.807) is 0 Å². The first kappa shape index (κ1) is 16.2. The molecule has 0 bridgehead atoms. The first-order valence-electron chi connectivity index (χ1n) is 8.20. The van der Waals surface area contributed by atoms with E-state index in [1.807, 2.05) is 30.6 Å². The van der Waals surface area contributed by atoms with Gasteiger partial charge < -0.3 is 14.5 Å². The summed E-state index contributed by atoms with van der Waals surface area (Å²) in [5, 5.41) is 0.922. The zero-order valence-corrected chi connectivity index (χ0v) is 14.7. The van der Waals surface area contributed by atoms with E-state index >= 15 is 0 Å². The molecule has 2 saturated heterocycles. The van der Waals surface area contributed by atoms with Gasteiger partial charge in [0.25, 0.3) is 5.91 Å². The van der Waals surface area contributed by atoms with Crippen LogP contribution in [0.2, 0.25) is 0 Å². The summed E-state index contributed by atoms with van der Waals surface area (Å²) in [6, 6.07) is 0.187. The second-order valence-corrected chi connectivity index (χ2v) is 7.44. The lowest BCUT2D eigenvalue weighted by Crippen LogP contribution is -2.47. The van der Waals surface area contributed by atoms with Crippen molar-refractivity contribution in [3.05, 3.63) is 15.6 Å². The maximum atomic E-state index is 12.6. The summed E-state index contributed by atoms with van der Waals surface area (Å²) in [6.45, 7) is 7.88. The normalized spacial score (nSPS) is 22.6. The zero-order valence-electron chi connectivity index (χ0n) is 13.9. The molecule has 2 amide bonds. The Morgan fingerprint density at radius 3 is 2.57 bits per heavy atom. The number of rotatable bonds is 3. The van der Waals surface area contributed by atoms with Crippen LogP contribution in [0.1, 0.15) is 46.6 Å².